The predicted octanol–water partition coefficient (Wildman–Crippen LogP) is 3.32. The number of rotatable bonds is 3. The van der Waals surface area contributed by atoms with Gasteiger partial charge in [-0.25, -0.2) is 0 Å². The number of aromatic nitrogens is 1. The fourth-order valence-electron chi connectivity index (χ4n) is 2.60. The van der Waals surface area contributed by atoms with Crippen LogP contribution in [0.25, 0.3) is 6.08 Å². The molecule has 1 aliphatic carbocycles. The summed E-state index contributed by atoms with van der Waals surface area (Å²) in [6.07, 6.45) is 6.76. The molecule has 0 bridgehead atoms. The van der Waals surface area contributed by atoms with Crippen molar-refractivity contribution < 1.29 is 19.1 Å². The van der Waals surface area contributed by atoms with Gasteiger partial charge in [0.05, 0.1) is 11.5 Å². The van der Waals surface area contributed by atoms with Gasteiger partial charge < -0.3 is 9.47 Å². The van der Waals surface area contributed by atoms with Gasteiger partial charge in [-0.15, -0.1) is 0 Å². The topological polar surface area (TPSA) is 65.5 Å². The van der Waals surface area contributed by atoms with Crippen LogP contribution in [0.5, 0.6) is 11.5 Å². The molecule has 1 aromatic heterocycles. The molecule has 1 aromatic carbocycles. The molecule has 0 radical (unpaired) electrons. The van der Waals surface area contributed by atoms with E-state index in [2.05, 4.69) is 4.98 Å². The van der Waals surface area contributed by atoms with Crippen molar-refractivity contribution in [3.8, 4) is 11.5 Å². The zero-order valence-corrected chi connectivity index (χ0v) is 13.1. The number of pyridine rings is 1. The highest BCUT2D eigenvalue weighted by molar-refractivity contribution is 6.15. The second kappa shape index (κ2) is 5.60. The van der Waals surface area contributed by atoms with Gasteiger partial charge in [0.2, 0.25) is 5.78 Å². The van der Waals surface area contributed by atoms with E-state index >= 15 is 0 Å². The monoisotopic (exact) mass is 321 g/mol. The molecule has 0 atom stereocenters. The lowest BCUT2D eigenvalue weighted by molar-refractivity contribution is -0.135. The molecule has 0 unspecified atom stereocenters. The number of ether oxygens (including phenoxy) is 2. The minimum atomic E-state index is -0.213. The van der Waals surface area contributed by atoms with Crippen molar-refractivity contribution in [3.05, 3.63) is 59.1 Å². The lowest BCUT2D eigenvalue weighted by Gasteiger charge is -2.09. The summed E-state index contributed by atoms with van der Waals surface area (Å²) in [5.41, 5.74) is 1.98. The van der Waals surface area contributed by atoms with Crippen molar-refractivity contribution in [3.63, 3.8) is 0 Å². The SMILES string of the molecule is Cc1c(OC(=O)C2CC2)ccc2c1O/C(=C\c1ccncc1)C2=O. The molecule has 24 heavy (non-hydrogen) atoms. The van der Waals surface area contributed by atoms with E-state index in [0.717, 1.165) is 18.4 Å². The highest BCUT2D eigenvalue weighted by Crippen LogP contribution is 2.40. The number of hydrogen-bond acceptors (Lipinski definition) is 5. The van der Waals surface area contributed by atoms with Gasteiger partial charge in [-0.05, 0) is 55.7 Å². The third-order valence-electron chi connectivity index (χ3n) is 4.16. The Balaban J connectivity index is 1.64. The van der Waals surface area contributed by atoms with E-state index in [0.29, 0.717) is 22.6 Å². The number of fused-ring (bicyclic) bond motifs is 1. The lowest BCUT2D eigenvalue weighted by atomic mass is 10.1. The summed E-state index contributed by atoms with van der Waals surface area (Å²) in [6.45, 7) is 1.79. The van der Waals surface area contributed by atoms with E-state index in [9.17, 15) is 9.59 Å². The Labute approximate surface area is 138 Å². The standard InChI is InChI=1S/C19H15NO4/c1-11-15(24-19(22)13-2-3-13)5-4-14-17(21)16(23-18(11)14)10-12-6-8-20-9-7-12/h4-10,13H,2-3H2,1H3/b16-10-. The van der Waals surface area contributed by atoms with Crippen molar-refractivity contribution in [2.45, 2.75) is 19.8 Å². The first kappa shape index (κ1) is 14.6. The Morgan fingerprint density at radius 3 is 2.71 bits per heavy atom. The first-order valence-electron chi connectivity index (χ1n) is 7.83. The summed E-state index contributed by atoms with van der Waals surface area (Å²) in [6, 6.07) is 6.89. The molecule has 2 heterocycles. The molecule has 120 valence electrons. The van der Waals surface area contributed by atoms with Gasteiger partial charge in [0.15, 0.2) is 5.76 Å². The maximum atomic E-state index is 12.5. The minimum Gasteiger partial charge on any atom is -0.452 e. The average molecular weight is 321 g/mol. The Morgan fingerprint density at radius 2 is 2.00 bits per heavy atom. The quantitative estimate of drug-likeness (QED) is 0.493. The Bertz CT molecular complexity index is 866. The number of benzene rings is 1. The number of ketones is 1. The van der Waals surface area contributed by atoms with E-state index in [4.69, 9.17) is 9.47 Å². The van der Waals surface area contributed by atoms with Gasteiger partial charge in [0.1, 0.15) is 11.5 Å². The first-order chi connectivity index (χ1) is 11.6. The maximum absolute atomic E-state index is 12.5. The number of esters is 1. The van der Waals surface area contributed by atoms with Gasteiger partial charge in [0.25, 0.3) is 0 Å². The third-order valence-corrected chi connectivity index (χ3v) is 4.16. The van der Waals surface area contributed by atoms with E-state index < -0.39 is 0 Å². The fourth-order valence-corrected chi connectivity index (χ4v) is 2.60. The van der Waals surface area contributed by atoms with Crippen LogP contribution in [0.15, 0.2) is 42.4 Å². The largest absolute Gasteiger partial charge is 0.452 e. The summed E-state index contributed by atoms with van der Waals surface area (Å²) >= 11 is 0. The first-order valence-corrected chi connectivity index (χ1v) is 7.83. The zero-order valence-electron chi connectivity index (χ0n) is 13.1. The summed E-state index contributed by atoms with van der Waals surface area (Å²) in [4.78, 5) is 28.3. The number of carbonyl (C=O) groups is 2. The Hall–Kier alpha value is -2.95. The molecular formula is C19H15NO4. The van der Waals surface area contributed by atoms with Crippen LogP contribution in [-0.4, -0.2) is 16.7 Å². The maximum Gasteiger partial charge on any atom is 0.314 e. The molecule has 5 heteroatoms. The van der Waals surface area contributed by atoms with E-state index in [-0.39, 0.29) is 23.4 Å². The van der Waals surface area contributed by atoms with Gasteiger partial charge in [-0.2, -0.15) is 0 Å². The zero-order chi connectivity index (χ0) is 16.7. The summed E-state index contributed by atoms with van der Waals surface area (Å²) in [5, 5.41) is 0. The Kier molecular flexibility index (Phi) is 3.41. The number of hydrogen-bond donors (Lipinski definition) is 0. The van der Waals surface area contributed by atoms with Gasteiger partial charge >= 0.3 is 5.97 Å². The average Bonchev–Trinajstić information content (AvgIpc) is 3.39. The van der Waals surface area contributed by atoms with E-state index in [1.54, 1.807) is 49.7 Å². The van der Waals surface area contributed by atoms with Crippen LogP contribution in [-0.2, 0) is 4.79 Å². The van der Waals surface area contributed by atoms with Crippen LogP contribution >= 0.6 is 0 Å². The smallest absolute Gasteiger partial charge is 0.314 e. The van der Waals surface area contributed by atoms with Crippen molar-refractivity contribution in [2.24, 2.45) is 5.92 Å². The van der Waals surface area contributed by atoms with Crippen LogP contribution in [0.4, 0.5) is 0 Å². The van der Waals surface area contributed by atoms with Gasteiger partial charge in [0, 0.05) is 18.0 Å². The molecule has 5 nitrogen and oxygen atoms in total. The van der Waals surface area contributed by atoms with Gasteiger partial charge in [-0.1, -0.05) is 0 Å². The van der Waals surface area contributed by atoms with E-state index in [1.807, 2.05) is 0 Å². The minimum absolute atomic E-state index is 0.0161. The number of allylic oxidation sites excluding steroid dienone is 1. The summed E-state index contributed by atoms with van der Waals surface area (Å²) in [5.74, 6) is 0.789. The van der Waals surface area contributed by atoms with Crippen molar-refractivity contribution in [1.82, 2.24) is 4.98 Å². The summed E-state index contributed by atoms with van der Waals surface area (Å²) < 4.78 is 11.2. The van der Waals surface area contributed by atoms with Crippen LogP contribution < -0.4 is 9.47 Å². The highest BCUT2D eigenvalue weighted by atomic mass is 16.5. The van der Waals surface area contributed by atoms with Crippen LogP contribution in [0, 0.1) is 12.8 Å². The molecule has 2 aromatic rings. The number of Topliss-reactive ketones (excluding diaryl/α,β-unsaturated/α-hetero) is 1. The second-order valence-corrected chi connectivity index (χ2v) is 5.98. The fraction of sp³-hybridized carbons (Fsp3) is 0.211. The molecule has 4 rings (SSSR count). The number of carbonyl (C=O) groups excluding carboxylic acids is 2. The molecule has 0 amide bonds. The Morgan fingerprint density at radius 1 is 1.25 bits per heavy atom. The van der Waals surface area contributed by atoms with Crippen LogP contribution in [0.1, 0.15) is 34.3 Å². The normalized spacial score (nSPS) is 17.5. The molecule has 1 fully saturated rings. The molecular weight excluding hydrogens is 306 g/mol. The van der Waals surface area contributed by atoms with Crippen molar-refractivity contribution in [1.29, 1.82) is 0 Å². The number of nitrogens with zero attached hydrogens (tertiary/aromatic N) is 1. The van der Waals surface area contributed by atoms with Crippen molar-refractivity contribution >= 4 is 17.8 Å². The molecule has 0 saturated heterocycles. The predicted molar refractivity (Wildman–Crippen MR) is 86.7 cm³/mol. The molecule has 1 aliphatic heterocycles. The second-order valence-electron chi connectivity index (χ2n) is 5.98. The van der Waals surface area contributed by atoms with Gasteiger partial charge in [-0.3, -0.25) is 14.6 Å². The third kappa shape index (κ3) is 2.58. The van der Waals surface area contributed by atoms with Crippen LogP contribution in [0.2, 0.25) is 0 Å². The van der Waals surface area contributed by atoms with Crippen molar-refractivity contribution in [2.75, 3.05) is 0 Å². The summed E-state index contributed by atoms with van der Waals surface area (Å²) in [7, 11) is 0. The lowest BCUT2D eigenvalue weighted by Crippen LogP contribution is -2.10. The molecule has 1 saturated carbocycles. The highest BCUT2D eigenvalue weighted by Gasteiger charge is 2.34. The van der Waals surface area contributed by atoms with E-state index in [1.165, 1.54) is 0 Å². The molecule has 0 N–H and O–H groups in total. The molecule has 0 spiro atoms. The van der Waals surface area contributed by atoms with Crippen LogP contribution in [0.3, 0.4) is 0 Å². The molecule has 2 aliphatic rings.